The van der Waals surface area contributed by atoms with E-state index >= 15 is 0 Å². The Labute approximate surface area is 328 Å². The molecule has 2 heterocycles. The van der Waals surface area contributed by atoms with Crippen molar-refractivity contribution >= 4 is 35.7 Å². The lowest BCUT2D eigenvalue weighted by Gasteiger charge is -2.26. The average Bonchev–Trinajstić information content (AvgIpc) is 3.98. The maximum absolute atomic E-state index is 11.8. The van der Waals surface area contributed by atoms with Gasteiger partial charge in [-0.05, 0) is 69.8 Å². The van der Waals surface area contributed by atoms with Crippen molar-refractivity contribution in [2.75, 3.05) is 13.5 Å². The molecule has 0 atom stereocenters. The summed E-state index contributed by atoms with van der Waals surface area (Å²) in [5, 5.41) is 47.4. The maximum atomic E-state index is 11.8. The van der Waals surface area contributed by atoms with E-state index in [1.807, 2.05) is 78.9 Å². The first kappa shape index (κ1) is 36.0. The van der Waals surface area contributed by atoms with Crippen molar-refractivity contribution in [3.63, 3.8) is 0 Å². The number of nitro groups is 1. The van der Waals surface area contributed by atoms with Crippen LogP contribution >= 0.6 is 11.6 Å². The molecule has 0 unspecified atom stereocenters. The molecular formula is C40H26ClN10O6+3. The van der Waals surface area contributed by atoms with Crippen molar-refractivity contribution in [2.45, 2.75) is 0 Å². The molecule has 0 aromatic heterocycles. The van der Waals surface area contributed by atoms with E-state index in [9.17, 15) is 20.2 Å². The number of ether oxygens (including phenoxy) is 2. The van der Waals surface area contributed by atoms with Crippen LogP contribution in [0.3, 0.4) is 0 Å². The van der Waals surface area contributed by atoms with Gasteiger partial charge in [-0.2, -0.15) is 0 Å². The molecule has 2 aliphatic rings. The summed E-state index contributed by atoms with van der Waals surface area (Å²) in [7, 11) is 0. The molecule has 0 saturated carbocycles. The summed E-state index contributed by atoms with van der Waals surface area (Å²) in [5.74, 6) is 0.604. The first-order valence-corrected chi connectivity index (χ1v) is 17.4. The van der Waals surface area contributed by atoms with E-state index in [2.05, 4.69) is 43.6 Å². The van der Waals surface area contributed by atoms with Gasteiger partial charge in [-0.15, -0.1) is 0 Å². The lowest BCUT2D eigenvalue weighted by Crippen LogP contribution is -2.17. The third-order valence-corrected chi connectivity index (χ3v) is 9.23. The molecule has 1 N–H and O–H groups in total. The van der Waals surface area contributed by atoms with Gasteiger partial charge >= 0.3 is 18.4 Å². The van der Waals surface area contributed by atoms with Crippen molar-refractivity contribution in [3.8, 4) is 67.1 Å². The fraction of sp³-hybridized carbons (Fsp3) is 0.0500. The zero-order chi connectivity index (χ0) is 39.3. The molecule has 0 aliphatic carbocycles. The second kappa shape index (κ2) is 15.8. The van der Waals surface area contributed by atoms with Gasteiger partial charge in [0, 0.05) is 57.0 Å². The predicted octanol–water partition coefficient (Wildman–Crippen LogP) is 10.1. The quantitative estimate of drug-likeness (QED) is 0.0682. The van der Waals surface area contributed by atoms with E-state index in [4.69, 9.17) is 21.1 Å². The highest BCUT2D eigenvalue weighted by Gasteiger charge is 2.31. The molecule has 0 spiro atoms. The van der Waals surface area contributed by atoms with Crippen LogP contribution in [0.15, 0.2) is 158 Å². The Kier molecular flexibility index (Phi) is 9.94. The molecule has 0 fully saturated rings. The molecule has 2 aliphatic heterocycles. The Morgan fingerprint density at radius 3 is 1.63 bits per heavy atom. The Morgan fingerprint density at radius 1 is 0.596 bits per heavy atom. The predicted molar refractivity (Wildman–Crippen MR) is 210 cm³/mol. The van der Waals surface area contributed by atoms with E-state index in [1.54, 1.807) is 24.3 Å². The first-order chi connectivity index (χ1) is 27.9. The molecule has 0 bridgehead atoms. The van der Waals surface area contributed by atoms with Crippen molar-refractivity contribution in [2.24, 2.45) is 30.9 Å². The van der Waals surface area contributed by atoms with Crippen LogP contribution < -0.4 is 9.47 Å². The van der Waals surface area contributed by atoms with Crippen LogP contribution in [0, 0.1) is 15.0 Å². The lowest BCUT2D eigenvalue weighted by atomic mass is 9.83. The summed E-state index contributed by atoms with van der Waals surface area (Å²) in [5.41, 5.74) is 6.08. The van der Waals surface area contributed by atoms with Crippen molar-refractivity contribution in [1.82, 2.24) is 10.2 Å². The molecule has 17 heteroatoms. The fourth-order valence-electron chi connectivity index (χ4n) is 6.40. The van der Waals surface area contributed by atoms with Gasteiger partial charge in [0.1, 0.15) is 21.7 Å². The average molecular weight is 778 g/mol. The zero-order valence-corrected chi connectivity index (χ0v) is 30.1. The molecule has 276 valence electrons. The van der Waals surface area contributed by atoms with Gasteiger partial charge in [-0.25, -0.2) is 5.21 Å². The smallest absolute Gasteiger partial charge is 0.468 e. The highest BCUT2D eigenvalue weighted by atomic mass is 35.5. The standard InChI is InChI=1S/C40H26ClN10O6/c41-35-21-34(27-9-5-2-6-10-27)38(40(57-25-49-45-23-43-47-49)36(35)29-13-17-31(18-14-29)51(54)55)37-32(26-7-3-1-4-8-26)19-20-33(28-11-15-30(16-12-28)50(52)53)39(37)56-24-48-44-22-42-46-48/h1-21H,24-25H2,(H,52,53)/q+3. The molecule has 6 aromatic rings. The largest absolute Gasteiger partial charge is 0.598 e. The van der Waals surface area contributed by atoms with Crippen LogP contribution in [0.25, 0.3) is 55.6 Å². The highest BCUT2D eigenvalue weighted by Crippen LogP contribution is 2.55. The monoisotopic (exact) mass is 777 g/mol. The number of benzene rings is 6. The Balaban J connectivity index is 1.50. The van der Waals surface area contributed by atoms with Gasteiger partial charge in [0.2, 0.25) is 13.5 Å². The van der Waals surface area contributed by atoms with Gasteiger partial charge in [-0.3, -0.25) is 10.1 Å². The van der Waals surface area contributed by atoms with Crippen LogP contribution in [0.2, 0.25) is 5.02 Å². The SMILES string of the molecule is O=[N+]([O-])c1ccc(-c2c(Cl)cc(-c3ccccc3)c(-c3c(-c4ccccc4)ccc(-c4ccc([N+](=O)O)cc4)c3OCN3N=[C+]N=N3)c2OCN2N=[C+]N=N2)cc1. The Morgan fingerprint density at radius 2 is 1.09 bits per heavy atom. The number of hydrogen-bond acceptors (Lipinski definition) is 13. The van der Waals surface area contributed by atoms with E-state index in [1.165, 1.54) is 34.5 Å². The number of hydrazone groups is 2. The van der Waals surface area contributed by atoms with Crippen molar-refractivity contribution in [3.05, 3.63) is 147 Å². The number of nitro benzene ring substituents is 1. The minimum Gasteiger partial charge on any atom is -0.468 e. The molecule has 0 radical (unpaired) electrons. The maximum Gasteiger partial charge on any atom is 0.598 e. The van der Waals surface area contributed by atoms with Crippen LogP contribution in [-0.2, 0) is 0 Å². The van der Waals surface area contributed by atoms with Crippen LogP contribution in [0.5, 0.6) is 11.5 Å². The molecule has 0 saturated heterocycles. The first-order valence-electron chi connectivity index (χ1n) is 17.0. The molecule has 6 aromatic carbocycles. The van der Waals surface area contributed by atoms with Crippen molar-refractivity contribution < 1.29 is 24.5 Å². The summed E-state index contributed by atoms with van der Waals surface area (Å²) in [6, 6.07) is 37.1. The summed E-state index contributed by atoms with van der Waals surface area (Å²) < 4.78 is 13.4. The number of non-ortho nitro benzene ring substituents is 1. The molecular weight excluding hydrogens is 752 g/mol. The molecule has 0 amide bonds. The van der Waals surface area contributed by atoms with Crippen LogP contribution in [-0.4, -0.2) is 51.4 Å². The fourth-order valence-corrected chi connectivity index (χ4v) is 6.70. The Bertz CT molecular complexity index is 2580. The second-order valence-electron chi connectivity index (χ2n) is 12.3. The topological polar surface area (TPSA) is 183 Å². The van der Waals surface area contributed by atoms with Gasteiger partial charge < -0.3 is 9.47 Å². The third kappa shape index (κ3) is 7.41. The zero-order valence-electron chi connectivity index (χ0n) is 29.4. The van der Waals surface area contributed by atoms with Gasteiger partial charge in [0.25, 0.3) is 10.6 Å². The van der Waals surface area contributed by atoms with Gasteiger partial charge in [0.15, 0.2) is 10.2 Å². The molecule has 8 rings (SSSR count). The molecule has 16 nitrogen and oxygen atoms in total. The highest BCUT2D eigenvalue weighted by molar-refractivity contribution is 6.34. The summed E-state index contributed by atoms with van der Waals surface area (Å²) in [6.45, 7) is -0.433. The number of hydrogen-bond donors (Lipinski definition) is 1. The lowest BCUT2D eigenvalue weighted by molar-refractivity contribution is -0.729. The Hall–Kier alpha value is -8.03. The summed E-state index contributed by atoms with van der Waals surface area (Å²) >= 11 is 7.25. The van der Waals surface area contributed by atoms with E-state index in [0.717, 1.165) is 16.7 Å². The second-order valence-corrected chi connectivity index (χ2v) is 12.7. The molecule has 57 heavy (non-hydrogen) atoms. The van der Waals surface area contributed by atoms with E-state index in [-0.39, 0.29) is 40.5 Å². The minimum absolute atomic E-state index is 0.0242. The van der Waals surface area contributed by atoms with Gasteiger partial charge in [-0.1, -0.05) is 88.6 Å². The third-order valence-electron chi connectivity index (χ3n) is 8.93. The number of halogens is 1. The minimum atomic E-state index is -0.482. The van der Waals surface area contributed by atoms with Crippen LogP contribution in [0.4, 0.5) is 11.4 Å². The number of rotatable bonds is 13. The van der Waals surface area contributed by atoms with Crippen molar-refractivity contribution in [1.29, 1.82) is 0 Å². The normalized spacial score (nSPS) is 12.4. The number of nitrogens with zero attached hydrogens (tertiary/aromatic N) is 10. The summed E-state index contributed by atoms with van der Waals surface area (Å²) in [6.07, 6.45) is 4.87. The van der Waals surface area contributed by atoms with Crippen LogP contribution in [0.1, 0.15) is 0 Å². The summed E-state index contributed by atoms with van der Waals surface area (Å²) in [4.78, 5) is 22.7. The van der Waals surface area contributed by atoms with Gasteiger partial charge in [0.05, 0.1) is 14.9 Å². The van der Waals surface area contributed by atoms with E-state index in [0.29, 0.717) is 44.7 Å². The van der Waals surface area contributed by atoms with E-state index < -0.39 is 4.92 Å².